The second-order valence-corrected chi connectivity index (χ2v) is 7.45. The van der Waals surface area contributed by atoms with Gasteiger partial charge in [-0.15, -0.1) is 0 Å². The predicted octanol–water partition coefficient (Wildman–Crippen LogP) is 2.07. The molecule has 3 saturated heterocycles. The van der Waals surface area contributed by atoms with E-state index in [4.69, 9.17) is 4.74 Å². The zero-order valence-electron chi connectivity index (χ0n) is 14.5. The highest BCUT2D eigenvalue weighted by Crippen LogP contribution is 2.47. The molecule has 4 rings (SSSR count). The molecule has 0 saturated carbocycles. The minimum absolute atomic E-state index is 0.0986. The van der Waals surface area contributed by atoms with Crippen LogP contribution in [0.2, 0.25) is 0 Å². The van der Waals surface area contributed by atoms with Crippen LogP contribution in [0.1, 0.15) is 24.0 Å². The number of benzene rings is 1. The highest BCUT2D eigenvalue weighted by atomic mass is 16.5. The van der Waals surface area contributed by atoms with Gasteiger partial charge in [0.2, 0.25) is 0 Å². The summed E-state index contributed by atoms with van der Waals surface area (Å²) in [6.45, 7) is 7.31. The molecule has 2 N–H and O–H groups in total. The molecule has 5 nitrogen and oxygen atoms in total. The summed E-state index contributed by atoms with van der Waals surface area (Å²) in [7, 11) is 0. The average Bonchev–Trinajstić information content (AvgIpc) is 3.26. The van der Waals surface area contributed by atoms with Crippen LogP contribution in [0.5, 0.6) is 5.75 Å². The van der Waals surface area contributed by atoms with Crippen LogP contribution in [0.3, 0.4) is 0 Å². The summed E-state index contributed by atoms with van der Waals surface area (Å²) >= 11 is 0. The maximum atomic E-state index is 12.6. The van der Waals surface area contributed by atoms with Gasteiger partial charge in [0.1, 0.15) is 12.4 Å². The van der Waals surface area contributed by atoms with Crippen molar-refractivity contribution in [2.75, 3.05) is 26.2 Å². The molecule has 2 amide bonds. The molecule has 2 bridgehead atoms. The minimum atomic E-state index is 0.0986. The fourth-order valence-electron chi connectivity index (χ4n) is 4.84. The predicted molar refractivity (Wildman–Crippen MR) is 93.3 cm³/mol. The van der Waals surface area contributed by atoms with E-state index in [1.807, 2.05) is 13.0 Å². The summed E-state index contributed by atoms with van der Waals surface area (Å²) in [5, 5.41) is 6.55. The van der Waals surface area contributed by atoms with Crippen LogP contribution in [-0.4, -0.2) is 49.3 Å². The van der Waals surface area contributed by atoms with Gasteiger partial charge in [0, 0.05) is 25.2 Å². The van der Waals surface area contributed by atoms with E-state index in [-0.39, 0.29) is 6.03 Å². The van der Waals surface area contributed by atoms with E-state index in [0.717, 1.165) is 24.4 Å². The Kier molecular flexibility index (Phi) is 4.12. The van der Waals surface area contributed by atoms with Gasteiger partial charge in [0.25, 0.3) is 0 Å². The zero-order chi connectivity index (χ0) is 16.7. The molecule has 130 valence electrons. The van der Waals surface area contributed by atoms with Crippen LogP contribution >= 0.6 is 0 Å². The third kappa shape index (κ3) is 2.65. The van der Waals surface area contributed by atoms with E-state index in [2.05, 4.69) is 34.6 Å². The summed E-state index contributed by atoms with van der Waals surface area (Å²) in [5.74, 6) is 2.24. The first-order chi connectivity index (χ1) is 11.6. The molecule has 0 radical (unpaired) electrons. The first-order valence-electron chi connectivity index (χ1n) is 9.12. The van der Waals surface area contributed by atoms with Crippen molar-refractivity contribution in [3.05, 3.63) is 29.3 Å². The molecule has 0 aliphatic carbocycles. The van der Waals surface area contributed by atoms with Gasteiger partial charge in [-0.05, 0) is 55.7 Å². The van der Waals surface area contributed by atoms with Gasteiger partial charge in [-0.1, -0.05) is 12.1 Å². The molecule has 24 heavy (non-hydrogen) atoms. The van der Waals surface area contributed by atoms with Crippen molar-refractivity contribution >= 4 is 6.03 Å². The molecule has 3 aliphatic rings. The molecule has 5 heteroatoms. The van der Waals surface area contributed by atoms with Crippen LogP contribution < -0.4 is 15.4 Å². The number of hydrogen-bond donors (Lipinski definition) is 2. The number of nitrogens with one attached hydrogen (secondary N) is 2. The van der Waals surface area contributed by atoms with Crippen molar-refractivity contribution in [3.8, 4) is 5.75 Å². The van der Waals surface area contributed by atoms with E-state index in [9.17, 15) is 4.79 Å². The summed E-state index contributed by atoms with van der Waals surface area (Å²) in [5.41, 5.74) is 2.32. The Morgan fingerprint density at radius 2 is 1.96 bits per heavy atom. The molecule has 0 spiro atoms. The normalized spacial score (nSPS) is 30.5. The van der Waals surface area contributed by atoms with Crippen molar-refractivity contribution < 1.29 is 9.53 Å². The highest BCUT2D eigenvalue weighted by Gasteiger charge is 2.56. The van der Waals surface area contributed by atoms with Crippen molar-refractivity contribution in [2.45, 2.75) is 38.8 Å². The Bertz CT molecular complexity index is 615. The van der Waals surface area contributed by atoms with Gasteiger partial charge in [-0.25, -0.2) is 4.79 Å². The Hall–Kier alpha value is -1.75. The quantitative estimate of drug-likeness (QED) is 0.832. The van der Waals surface area contributed by atoms with Crippen LogP contribution in [0.25, 0.3) is 0 Å². The number of amides is 2. The van der Waals surface area contributed by atoms with Crippen LogP contribution in [-0.2, 0) is 0 Å². The Morgan fingerprint density at radius 3 is 2.67 bits per heavy atom. The summed E-state index contributed by atoms with van der Waals surface area (Å²) in [6, 6.07) is 7.18. The Labute approximate surface area is 143 Å². The van der Waals surface area contributed by atoms with Gasteiger partial charge < -0.3 is 20.3 Å². The number of fused-ring (bicyclic) bond motifs is 5. The first-order valence-corrected chi connectivity index (χ1v) is 9.12. The van der Waals surface area contributed by atoms with Crippen molar-refractivity contribution in [1.29, 1.82) is 0 Å². The Balaban J connectivity index is 1.28. The number of urea groups is 1. The summed E-state index contributed by atoms with van der Waals surface area (Å²) in [4.78, 5) is 14.7. The van der Waals surface area contributed by atoms with E-state index < -0.39 is 0 Å². The van der Waals surface area contributed by atoms with E-state index in [0.29, 0.717) is 37.1 Å². The lowest BCUT2D eigenvalue weighted by atomic mass is 9.82. The molecule has 3 aliphatic heterocycles. The number of ether oxygens (including phenoxy) is 1. The second kappa shape index (κ2) is 6.28. The molecule has 1 aromatic rings. The van der Waals surface area contributed by atoms with Gasteiger partial charge in [0.05, 0.1) is 6.54 Å². The number of rotatable bonds is 4. The van der Waals surface area contributed by atoms with E-state index in [1.54, 1.807) is 0 Å². The smallest absolute Gasteiger partial charge is 0.318 e. The largest absolute Gasteiger partial charge is 0.491 e. The molecule has 1 aromatic carbocycles. The lowest BCUT2D eigenvalue weighted by Gasteiger charge is -2.25. The summed E-state index contributed by atoms with van der Waals surface area (Å²) < 4.78 is 5.83. The lowest BCUT2D eigenvalue weighted by molar-refractivity contribution is 0.182. The Morgan fingerprint density at radius 1 is 1.25 bits per heavy atom. The molecular formula is C19H27N3O2. The van der Waals surface area contributed by atoms with Crippen molar-refractivity contribution in [3.63, 3.8) is 0 Å². The topological polar surface area (TPSA) is 53.6 Å². The number of carbonyl (C=O) groups excluding carboxylic acids is 1. The monoisotopic (exact) mass is 329 g/mol. The fraction of sp³-hybridized carbons (Fsp3) is 0.632. The van der Waals surface area contributed by atoms with Gasteiger partial charge in [-0.3, -0.25) is 0 Å². The van der Waals surface area contributed by atoms with Crippen molar-refractivity contribution in [1.82, 2.24) is 15.5 Å². The molecule has 0 aromatic heterocycles. The minimum Gasteiger partial charge on any atom is -0.491 e. The first kappa shape index (κ1) is 15.8. The van der Waals surface area contributed by atoms with Crippen LogP contribution in [0, 0.1) is 25.7 Å². The van der Waals surface area contributed by atoms with Gasteiger partial charge in [0.15, 0.2) is 0 Å². The molecule has 4 atom stereocenters. The average molecular weight is 329 g/mol. The number of carbonyl (C=O) groups is 1. The number of aryl methyl sites for hydroxylation is 2. The van der Waals surface area contributed by atoms with E-state index in [1.165, 1.54) is 18.4 Å². The second-order valence-electron chi connectivity index (χ2n) is 7.45. The summed E-state index contributed by atoms with van der Waals surface area (Å²) in [6.07, 6.45) is 2.33. The van der Waals surface area contributed by atoms with Gasteiger partial charge in [-0.2, -0.15) is 0 Å². The third-order valence-electron chi connectivity index (χ3n) is 5.99. The molecular weight excluding hydrogens is 302 g/mol. The maximum absolute atomic E-state index is 12.6. The lowest BCUT2D eigenvalue weighted by Crippen LogP contribution is -2.46. The van der Waals surface area contributed by atoms with Crippen LogP contribution in [0.15, 0.2) is 18.2 Å². The number of hydrogen-bond acceptors (Lipinski definition) is 3. The SMILES string of the molecule is Cc1ccc(C)c(OCCNC(=O)N2[C@@H]3CC[C@H]2[C@H]2CNC[C@H]23)c1. The fourth-order valence-corrected chi connectivity index (χ4v) is 4.84. The third-order valence-corrected chi connectivity index (χ3v) is 5.99. The van der Waals surface area contributed by atoms with E-state index >= 15 is 0 Å². The highest BCUT2D eigenvalue weighted by molar-refractivity contribution is 5.76. The molecule has 0 unspecified atom stereocenters. The van der Waals surface area contributed by atoms with Crippen molar-refractivity contribution in [2.24, 2.45) is 11.8 Å². The number of nitrogens with zero attached hydrogens (tertiary/aromatic N) is 1. The van der Waals surface area contributed by atoms with Gasteiger partial charge >= 0.3 is 6.03 Å². The molecule has 3 heterocycles. The molecule has 3 fully saturated rings. The standard InChI is InChI=1S/C19H27N3O2/c1-12-3-4-13(2)18(9-12)24-8-7-21-19(23)22-16-5-6-17(22)15-11-20-10-14(15)16/h3-4,9,14-17,20H,5-8,10-11H2,1-2H3,(H,21,23)/t14-,15+,16-,17+. The zero-order valence-corrected chi connectivity index (χ0v) is 14.5. The van der Waals surface area contributed by atoms with Crippen LogP contribution in [0.4, 0.5) is 4.79 Å². The maximum Gasteiger partial charge on any atom is 0.318 e.